The van der Waals surface area contributed by atoms with Crippen molar-refractivity contribution in [3.8, 4) is 23.0 Å². The molecule has 2 aromatic rings. The van der Waals surface area contributed by atoms with Crippen LogP contribution in [0.5, 0.6) is 23.0 Å². The number of ketones is 1. The van der Waals surface area contributed by atoms with Crippen LogP contribution in [0.2, 0.25) is 0 Å². The van der Waals surface area contributed by atoms with Gasteiger partial charge in [-0.05, 0) is 36.3 Å². The van der Waals surface area contributed by atoms with Crippen LogP contribution in [0, 0.1) is 6.92 Å². The number of hydrogen-bond acceptors (Lipinski definition) is 5. The van der Waals surface area contributed by atoms with Gasteiger partial charge in [-0.15, -0.1) is 0 Å². The van der Waals surface area contributed by atoms with Gasteiger partial charge in [-0.3, -0.25) is 4.79 Å². The molecule has 0 aliphatic carbocycles. The summed E-state index contributed by atoms with van der Waals surface area (Å²) in [6.07, 6.45) is 1.65. The Morgan fingerprint density at radius 2 is 1.85 bits per heavy atom. The van der Waals surface area contributed by atoms with Gasteiger partial charge in [0.2, 0.25) is 5.78 Å². The van der Waals surface area contributed by atoms with E-state index in [0.29, 0.717) is 40.5 Å². The van der Waals surface area contributed by atoms with Crippen molar-refractivity contribution in [2.75, 3.05) is 28.3 Å². The van der Waals surface area contributed by atoms with Crippen LogP contribution in [0.25, 0.3) is 6.08 Å². The second-order valence-electron chi connectivity index (χ2n) is 6.81. The molecule has 1 heterocycles. The number of methoxy groups -OCH3 is 2. The first kappa shape index (κ1) is 18.8. The lowest BCUT2D eigenvalue weighted by molar-refractivity contribution is -0.872. The van der Waals surface area contributed by atoms with Crippen LogP contribution < -0.4 is 24.2 Å². The second-order valence-corrected chi connectivity index (χ2v) is 6.81. The molecule has 2 aromatic carbocycles. The molecule has 0 amide bonds. The average Bonchev–Trinajstić information content (AvgIpc) is 2.95. The molecule has 0 fully saturated rings. The number of fused-ring (bicyclic) bond motifs is 1. The van der Waals surface area contributed by atoms with E-state index in [-0.39, 0.29) is 17.3 Å². The van der Waals surface area contributed by atoms with Crippen LogP contribution in [0.1, 0.15) is 27.0 Å². The van der Waals surface area contributed by atoms with Crippen LogP contribution in [0.15, 0.2) is 30.0 Å². The fraction of sp³-hybridized carbons (Fsp3) is 0.286. The minimum absolute atomic E-state index is 0.104. The Kier molecular flexibility index (Phi) is 5.10. The van der Waals surface area contributed by atoms with E-state index in [1.807, 2.05) is 20.2 Å². The number of aryl methyl sites for hydroxylation is 1. The quantitative estimate of drug-likeness (QED) is 0.806. The topological polar surface area (TPSA) is 72.3 Å². The molecule has 0 saturated carbocycles. The van der Waals surface area contributed by atoms with Gasteiger partial charge in [0.1, 0.15) is 12.3 Å². The molecule has 1 aliphatic heterocycles. The molecule has 6 heteroatoms. The van der Waals surface area contributed by atoms with Gasteiger partial charge in [0.25, 0.3) is 0 Å². The monoisotopic (exact) mass is 369 g/mol. The number of benzene rings is 2. The number of ether oxygens (including phenoxy) is 3. The van der Waals surface area contributed by atoms with E-state index in [4.69, 9.17) is 14.2 Å². The zero-order valence-corrected chi connectivity index (χ0v) is 16.1. The standard InChI is InChI=1S/C21H23NO5/c1-12-8-15(23)14(11-22(2)3)21-19(12)20(24)18(27-21)10-13-6-7-16(25-4)17(9-13)26-5/h6-10,23H,11H2,1-5H3. The lowest BCUT2D eigenvalue weighted by Gasteiger charge is -2.19. The largest absolute Gasteiger partial charge is 0.872 e. The molecular weight excluding hydrogens is 346 g/mol. The van der Waals surface area contributed by atoms with Crippen LogP contribution in [0.3, 0.4) is 0 Å². The first-order valence-electron chi connectivity index (χ1n) is 8.64. The number of allylic oxidation sites excluding steroid dienone is 1. The van der Waals surface area contributed by atoms with Crippen molar-refractivity contribution in [1.29, 1.82) is 0 Å². The van der Waals surface area contributed by atoms with Crippen molar-refractivity contribution in [2.45, 2.75) is 13.5 Å². The molecule has 27 heavy (non-hydrogen) atoms. The minimum atomic E-state index is -0.215. The lowest BCUT2D eigenvalue weighted by atomic mass is 9.99. The molecule has 0 atom stereocenters. The van der Waals surface area contributed by atoms with Crippen LogP contribution >= 0.6 is 0 Å². The summed E-state index contributed by atoms with van der Waals surface area (Å²) in [5.41, 5.74) is 2.37. The van der Waals surface area contributed by atoms with Gasteiger partial charge in [0, 0.05) is 5.56 Å². The third-order valence-corrected chi connectivity index (χ3v) is 4.44. The Labute approximate surface area is 158 Å². The number of quaternary nitrogens is 1. The van der Waals surface area contributed by atoms with E-state index in [1.165, 1.54) is 6.07 Å². The summed E-state index contributed by atoms with van der Waals surface area (Å²) in [6.45, 7) is 2.24. The second kappa shape index (κ2) is 7.32. The van der Waals surface area contributed by atoms with Crippen LogP contribution in [0.4, 0.5) is 0 Å². The predicted molar refractivity (Wildman–Crippen MR) is 99.6 cm³/mol. The van der Waals surface area contributed by atoms with Gasteiger partial charge in [0.05, 0.1) is 33.9 Å². The van der Waals surface area contributed by atoms with Gasteiger partial charge < -0.3 is 24.2 Å². The van der Waals surface area contributed by atoms with E-state index in [0.717, 1.165) is 10.5 Å². The molecular formula is C21H23NO5. The molecule has 0 unspecified atom stereocenters. The number of carbonyl (C=O) groups is 1. The summed E-state index contributed by atoms with van der Waals surface area (Å²) in [5.74, 6) is 1.42. The van der Waals surface area contributed by atoms with Crippen molar-refractivity contribution in [3.05, 3.63) is 52.3 Å². The molecule has 0 bridgehead atoms. The van der Waals surface area contributed by atoms with E-state index in [9.17, 15) is 9.90 Å². The summed E-state index contributed by atoms with van der Waals surface area (Å²) in [4.78, 5) is 14.0. The van der Waals surface area contributed by atoms with E-state index >= 15 is 0 Å². The van der Waals surface area contributed by atoms with E-state index in [2.05, 4.69) is 0 Å². The smallest absolute Gasteiger partial charge is 0.232 e. The summed E-state index contributed by atoms with van der Waals surface area (Å²) < 4.78 is 16.4. The van der Waals surface area contributed by atoms with Gasteiger partial charge in [-0.1, -0.05) is 17.9 Å². The van der Waals surface area contributed by atoms with Crippen molar-refractivity contribution in [1.82, 2.24) is 0 Å². The molecule has 0 radical (unpaired) electrons. The highest BCUT2D eigenvalue weighted by atomic mass is 16.5. The lowest BCUT2D eigenvalue weighted by Crippen LogP contribution is -3.04. The van der Waals surface area contributed by atoms with Crippen molar-refractivity contribution in [2.24, 2.45) is 0 Å². The maximum absolute atomic E-state index is 12.9. The number of Topliss-reactive ketones (excluding diaryl/α,β-unsaturated/α-hetero) is 1. The summed E-state index contributed by atoms with van der Waals surface area (Å²) >= 11 is 0. The molecule has 3 rings (SSSR count). The number of hydrogen-bond donors (Lipinski definition) is 1. The third kappa shape index (κ3) is 3.48. The fourth-order valence-electron chi connectivity index (χ4n) is 3.18. The zero-order chi connectivity index (χ0) is 19.7. The highest BCUT2D eigenvalue weighted by molar-refractivity contribution is 6.15. The highest BCUT2D eigenvalue weighted by Gasteiger charge is 2.32. The summed E-state index contributed by atoms with van der Waals surface area (Å²) in [7, 11) is 7.01. The normalized spacial score (nSPS) is 14.4. The number of nitrogens with one attached hydrogen (secondary N) is 1. The Hall–Kier alpha value is -2.99. The number of rotatable bonds is 5. The maximum Gasteiger partial charge on any atom is 0.232 e. The SMILES string of the molecule is COc1ccc(C=C2Oc3c(C[NH+](C)C)c([O-])cc(C)c3C2=O)cc1OC. The molecule has 0 saturated heterocycles. The van der Waals surface area contributed by atoms with E-state index < -0.39 is 0 Å². The minimum Gasteiger partial charge on any atom is -0.872 e. The summed E-state index contributed by atoms with van der Waals surface area (Å²) in [5, 5.41) is 12.4. The first-order chi connectivity index (χ1) is 12.8. The zero-order valence-electron chi connectivity index (χ0n) is 16.1. The van der Waals surface area contributed by atoms with Gasteiger partial charge in [0.15, 0.2) is 17.3 Å². The fourth-order valence-corrected chi connectivity index (χ4v) is 3.18. The van der Waals surface area contributed by atoms with Gasteiger partial charge >= 0.3 is 0 Å². The van der Waals surface area contributed by atoms with Crippen molar-refractivity contribution >= 4 is 11.9 Å². The third-order valence-electron chi connectivity index (χ3n) is 4.44. The Balaban J connectivity index is 2.04. The first-order valence-corrected chi connectivity index (χ1v) is 8.64. The predicted octanol–water partition coefficient (Wildman–Crippen LogP) is 1.35. The van der Waals surface area contributed by atoms with Crippen LogP contribution in [-0.4, -0.2) is 34.1 Å². The Morgan fingerprint density at radius 1 is 1.15 bits per heavy atom. The Morgan fingerprint density at radius 3 is 2.48 bits per heavy atom. The molecule has 1 aliphatic rings. The van der Waals surface area contributed by atoms with Gasteiger partial charge in [-0.25, -0.2) is 0 Å². The molecule has 6 nitrogen and oxygen atoms in total. The van der Waals surface area contributed by atoms with Crippen LogP contribution in [-0.2, 0) is 6.54 Å². The summed E-state index contributed by atoms with van der Waals surface area (Å²) in [6, 6.07) is 6.85. The Bertz CT molecular complexity index is 931. The molecule has 1 N–H and O–H groups in total. The van der Waals surface area contributed by atoms with Gasteiger partial charge in [-0.2, -0.15) is 0 Å². The van der Waals surface area contributed by atoms with E-state index in [1.54, 1.807) is 39.4 Å². The van der Waals surface area contributed by atoms with Crippen molar-refractivity contribution < 1.29 is 29.0 Å². The molecule has 0 spiro atoms. The molecule has 142 valence electrons. The average molecular weight is 369 g/mol. The number of carbonyl (C=O) groups excluding carboxylic acids is 1. The highest BCUT2D eigenvalue weighted by Crippen LogP contribution is 2.40. The maximum atomic E-state index is 12.9. The molecule has 0 aromatic heterocycles. The van der Waals surface area contributed by atoms with Crippen molar-refractivity contribution in [3.63, 3.8) is 0 Å².